The first-order valence-corrected chi connectivity index (χ1v) is 4.92. The summed E-state index contributed by atoms with van der Waals surface area (Å²) in [6.07, 6.45) is 0. The molecule has 2 heterocycles. The van der Waals surface area contributed by atoms with Crippen molar-refractivity contribution in [3.63, 3.8) is 0 Å². The Morgan fingerprint density at radius 3 is 3.30 bits per heavy atom. The molecule has 2 nitrogen and oxygen atoms in total. The Balaban J connectivity index is 2.15. The van der Waals surface area contributed by atoms with Gasteiger partial charge in [0.1, 0.15) is 0 Å². The standard InChI is InChI=1S/C7H13NOS/c9-4-7-3-8-1-6(7)2-10-5-7/h6,8-9H,1-5H2. The van der Waals surface area contributed by atoms with Crippen molar-refractivity contribution >= 4 is 11.8 Å². The Morgan fingerprint density at radius 2 is 2.60 bits per heavy atom. The predicted molar refractivity (Wildman–Crippen MR) is 43.2 cm³/mol. The lowest BCUT2D eigenvalue weighted by Gasteiger charge is -2.23. The van der Waals surface area contributed by atoms with E-state index in [0.717, 1.165) is 24.8 Å². The van der Waals surface area contributed by atoms with E-state index in [1.165, 1.54) is 5.75 Å². The molecule has 2 aliphatic heterocycles. The zero-order valence-corrected chi connectivity index (χ0v) is 6.78. The molecule has 0 aromatic heterocycles. The largest absolute Gasteiger partial charge is 0.396 e. The first kappa shape index (κ1) is 6.95. The van der Waals surface area contributed by atoms with Crippen molar-refractivity contribution in [3.8, 4) is 0 Å². The molecule has 58 valence electrons. The third-order valence-corrected chi connectivity index (χ3v) is 4.17. The van der Waals surface area contributed by atoms with E-state index in [0.29, 0.717) is 6.61 Å². The third kappa shape index (κ3) is 0.807. The van der Waals surface area contributed by atoms with Crippen LogP contribution in [-0.4, -0.2) is 36.3 Å². The number of hydrogen-bond donors (Lipinski definition) is 2. The van der Waals surface area contributed by atoms with Crippen LogP contribution in [0.25, 0.3) is 0 Å². The summed E-state index contributed by atoms with van der Waals surface area (Å²) in [4.78, 5) is 0. The Kier molecular flexibility index (Phi) is 1.66. The number of hydrogen-bond acceptors (Lipinski definition) is 3. The van der Waals surface area contributed by atoms with Crippen LogP contribution < -0.4 is 5.32 Å². The minimum Gasteiger partial charge on any atom is -0.396 e. The first-order chi connectivity index (χ1) is 4.87. The van der Waals surface area contributed by atoms with E-state index in [2.05, 4.69) is 5.32 Å². The average molecular weight is 159 g/mol. The normalized spacial score (nSPS) is 45.9. The molecule has 10 heavy (non-hydrogen) atoms. The summed E-state index contributed by atoms with van der Waals surface area (Å²) in [5.41, 5.74) is 0.255. The summed E-state index contributed by atoms with van der Waals surface area (Å²) < 4.78 is 0. The third-order valence-electron chi connectivity index (χ3n) is 2.76. The van der Waals surface area contributed by atoms with Crippen molar-refractivity contribution in [1.29, 1.82) is 0 Å². The SMILES string of the molecule is OCC12CNCC1CSC2. The Labute approximate surface area is 65.4 Å². The topological polar surface area (TPSA) is 32.3 Å². The second-order valence-electron chi connectivity index (χ2n) is 3.36. The number of aliphatic hydroxyl groups is 1. The van der Waals surface area contributed by atoms with Crippen molar-refractivity contribution in [3.05, 3.63) is 0 Å². The van der Waals surface area contributed by atoms with Gasteiger partial charge in [0.15, 0.2) is 0 Å². The van der Waals surface area contributed by atoms with Crippen LogP contribution in [0.5, 0.6) is 0 Å². The minimum atomic E-state index is 0.255. The molecule has 0 aromatic rings. The fourth-order valence-electron chi connectivity index (χ4n) is 1.90. The molecule has 2 atom stereocenters. The molecule has 2 fully saturated rings. The zero-order valence-electron chi connectivity index (χ0n) is 5.97. The predicted octanol–water partition coefficient (Wildman–Crippen LogP) is -0.0687. The second kappa shape index (κ2) is 2.40. The van der Waals surface area contributed by atoms with E-state index in [9.17, 15) is 5.11 Å². The van der Waals surface area contributed by atoms with Crippen LogP contribution in [0.15, 0.2) is 0 Å². The minimum absolute atomic E-state index is 0.255. The molecule has 3 heteroatoms. The van der Waals surface area contributed by atoms with Crippen molar-refractivity contribution in [2.75, 3.05) is 31.2 Å². The van der Waals surface area contributed by atoms with E-state index >= 15 is 0 Å². The van der Waals surface area contributed by atoms with Gasteiger partial charge in [0.05, 0.1) is 6.61 Å². The lowest BCUT2D eigenvalue weighted by molar-refractivity contribution is 0.137. The maximum atomic E-state index is 9.17. The van der Waals surface area contributed by atoms with Crippen LogP contribution in [-0.2, 0) is 0 Å². The second-order valence-corrected chi connectivity index (χ2v) is 4.39. The van der Waals surface area contributed by atoms with Crippen LogP contribution in [0.1, 0.15) is 0 Å². The molecule has 0 saturated carbocycles. The fraction of sp³-hybridized carbons (Fsp3) is 1.00. The van der Waals surface area contributed by atoms with Crippen LogP contribution in [0.3, 0.4) is 0 Å². The summed E-state index contributed by atoms with van der Waals surface area (Å²) in [6, 6.07) is 0. The average Bonchev–Trinajstić information content (AvgIpc) is 2.42. The van der Waals surface area contributed by atoms with E-state index in [1.807, 2.05) is 11.8 Å². The quantitative estimate of drug-likeness (QED) is 0.562. The smallest absolute Gasteiger partial charge is 0.0511 e. The molecule has 0 amide bonds. The maximum absolute atomic E-state index is 9.17. The van der Waals surface area contributed by atoms with Crippen molar-refractivity contribution in [2.45, 2.75) is 0 Å². The number of nitrogens with one attached hydrogen (secondary N) is 1. The van der Waals surface area contributed by atoms with Gasteiger partial charge in [-0.3, -0.25) is 0 Å². The van der Waals surface area contributed by atoms with Crippen molar-refractivity contribution in [2.24, 2.45) is 11.3 Å². The van der Waals surface area contributed by atoms with Gasteiger partial charge in [-0.2, -0.15) is 11.8 Å². The molecule has 0 bridgehead atoms. The molecule has 2 aliphatic rings. The molecule has 2 N–H and O–H groups in total. The number of aliphatic hydroxyl groups excluding tert-OH is 1. The van der Waals surface area contributed by atoms with Gasteiger partial charge in [0, 0.05) is 17.7 Å². The molecule has 0 spiro atoms. The molecule has 2 unspecified atom stereocenters. The van der Waals surface area contributed by atoms with Gasteiger partial charge in [-0.25, -0.2) is 0 Å². The van der Waals surface area contributed by atoms with E-state index in [4.69, 9.17) is 0 Å². The van der Waals surface area contributed by atoms with Gasteiger partial charge in [0.25, 0.3) is 0 Å². The molecule has 0 aromatic carbocycles. The van der Waals surface area contributed by atoms with Crippen LogP contribution >= 0.6 is 11.8 Å². The molecule has 0 radical (unpaired) electrons. The zero-order chi connectivity index (χ0) is 7.03. The summed E-state index contributed by atoms with van der Waals surface area (Å²) >= 11 is 1.99. The molecular weight excluding hydrogens is 146 g/mol. The first-order valence-electron chi connectivity index (χ1n) is 3.77. The van der Waals surface area contributed by atoms with Crippen LogP contribution in [0, 0.1) is 11.3 Å². The van der Waals surface area contributed by atoms with Gasteiger partial charge in [-0.1, -0.05) is 0 Å². The highest BCUT2D eigenvalue weighted by molar-refractivity contribution is 7.99. The highest BCUT2D eigenvalue weighted by Gasteiger charge is 2.46. The van der Waals surface area contributed by atoms with Gasteiger partial charge in [-0.15, -0.1) is 0 Å². The number of fused-ring (bicyclic) bond motifs is 1. The van der Waals surface area contributed by atoms with Gasteiger partial charge >= 0.3 is 0 Å². The summed E-state index contributed by atoms with van der Waals surface area (Å²) in [7, 11) is 0. The Hall–Kier alpha value is 0.270. The van der Waals surface area contributed by atoms with E-state index in [1.54, 1.807) is 0 Å². The monoisotopic (exact) mass is 159 g/mol. The molecule has 2 rings (SSSR count). The lowest BCUT2D eigenvalue weighted by Crippen LogP contribution is -2.33. The molecule has 2 saturated heterocycles. The van der Waals surface area contributed by atoms with Gasteiger partial charge in [-0.05, 0) is 18.2 Å². The summed E-state index contributed by atoms with van der Waals surface area (Å²) in [6.45, 7) is 2.52. The van der Waals surface area contributed by atoms with E-state index < -0.39 is 0 Å². The maximum Gasteiger partial charge on any atom is 0.0511 e. The van der Waals surface area contributed by atoms with Crippen LogP contribution in [0.2, 0.25) is 0 Å². The lowest BCUT2D eigenvalue weighted by atomic mass is 9.82. The highest BCUT2D eigenvalue weighted by atomic mass is 32.2. The van der Waals surface area contributed by atoms with Crippen molar-refractivity contribution in [1.82, 2.24) is 5.32 Å². The number of thioether (sulfide) groups is 1. The molecular formula is C7H13NOS. The Bertz CT molecular complexity index is 130. The van der Waals surface area contributed by atoms with Gasteiger partial charge < -0.3 is 10.4 Å². The summed E-state index contributed by atoms with van der Waals surface area (Å²) in [5.74, 6) is 3.14. The number of rotatable bonds is 1. The fourth-order valence-corrected chi connectivity index (χ4v) is 3.61. The van der Waals surface area contributed by atoms with Crippen molar-refractivity contribution < 1.29 is 5.11 Å². The van der Waals surface area contributed by atoms with Crippen LogP contribution in [0.4, 0.5) is 0 Å². The Morgan fingerprint density at radius 1 is 1.70 bits per heavy atom. The van der Waals surface area contributed by atoms with E-state index in [-0.39, 0.29) is 5.41 Å². The molecule has 0 aliphatic carbocycles. The van der Waals surface area contributed by atoms with Gasteiger partial charge in [0.2, 0.25) is 0 Å². The highest BCUT2D eigenvalue weighted by Crippen LogP contribution is 2.42. The summed E-state index contributed by atoms with van der Waals surface area (Å²) in [5, 5.41) is 12.5.